The second-order valence-corrected chi connectivity index (χ2v) is 4.89. The fourth-order valence-corrected chi connectivity index (χ4v) is 2.33. The molecule has 0 fully saturated rings. The van der Waals surface area contributed by atoms with E-state index in [0.717, 1.165) is 16.8 Å². The maximum atomic E-state index is 11.3. The summed E-state index contributed by atoms with van der Waals surface area (Å²) >= 11 is 0. The van der Waals surface area contributed by atoms with Crippen LogP contribution in [0.1, 0.15) is 16.1 Å². The Kier molecular flexibility index (Phi) is 3.70. The SMILES string of the molecule is COc1ccccc1-c1c(C=O)nnn1-c1ccc(C)cc1. The molecule has 1 heterocycles. The molecular formula is C17H15N3O2. The number of aryl methyl sites for hydroxylation is 1. The third-order valence-corrected chi connectivity index (χ3v) is 3.45. The molecule has 0 saturated carbocycles. The van der Waals surface area contributed by atoms with Crippen LogP contribution in [0.4, 0.5) is 0 Å². The molecule has 0 amide bonds. The Hall–Kier alpha value is -2.95. The van der Waals surface area contributed by atoms with Crippen molar-refractivity contribution in [1.29, 1.82) is 0 Å². The van der Waals surface area contributed by atoms with Crippen molar-refractivity contribution in [2.45, 2.75) is 6.92 Å². The Morgan fingerprint density at radius 1 is 1.09 bits per heavy atom. The zero-order valence-electron chi connectivity index (χ0n) is 12.4. The number of rotatable bonds is 4. The number of hydrogen-bond donors (Lipinski definition) is 0. The molecule has 0 unspecified atom stereocenters. The van der Waals surface area contributed by atoms with Crippen LogP contribution < -0.4 is 4.74 Å². The molecule has 0 atom stereocenters. The van der Waals surface area contributed by atoms with E-state index in [4.69, 9.17) is 4.74 Å². The van der Waals surface area contributed by atoms with E-state index in [1.807, 2.05) is 55.5 Å². The van der Waals surface area contributed by atoms with E-state index < -0.39 is 0 Å². The first-order valence-corrected chi connectivity index (χ1v) is 6.86. The summed E-state index contributed by atoms with van der Waals surface area (Å²) in [6.45, 7) is 2.02. The maximum absolute atomic E-state index is 11.3. The molecule has 0 N–H and O–H groups in total. The molecule has 0 radical (unpaired) electrons. The number of aldehydes is 1. The lowest BCUT2D eigenvalue weighted by Gasteiger charge is -2.11. The Morgan fingerprint density at radius 3 is 2.50 bits per heavy atom. The summed E-state index contributed by atoms with van der Waals surface area (Å²) in [5.41, 5.74) is 3.67. The minimum atomic E-state index is 0.282. The smallest absolute Gasteiger partial charge is 0.172 e. The fraction of sp³-hybridized carbons (Fsp3) is 0.118. The normalized spacial score (nSPS) is 10.5. The highest BCUT2D eigenvalue weighted by Crippen LogP contribution is 2.32. The second-order valence-electron chi connectivity index (χ2n) is 4.89. The van der Waals surface area contributed by atoms with Gasteiger partial charge in [0.2, 0.25) is 0 Å². The third-order valence-electron chi connectivity index (χ3n) is 3.45. The van der Waals surface area contributed by atoms with Crippen molar-refractivity contribution in [3.63, 3.8) is 0 Å². The van der Waals surface area contributed by atoms with Crippen LogP contribution in [0.3, 0.4) is 0 Å². The first kappa shape index (κ1) is 14.0. The highest BCUT2D eigenvalue weighted by molar-refractivity contribution is 5.85. The molecule has 0 spiro atoms. The van der Waals surface area contributed by atoms with Crippen LogP contribution in [-0.4, -0.2) is 28.4 Å². The van der Waals surface area contributed by atoms with E-state index in [1.165, 1.54) is 0 Å². The number of aromatic nitrogens is 3. The van der Waals surface area contributed by atoms with Crippen molar-refractivity contribution in [2.24, 2.45) is 0 Å². The fourth-order valence-electron chi connectivity index (χ4n) is 2.33. The summed E-state index contributed by atoms with van der Waals surface area (Å²) in [6.07, 6.45) is 0.708. The van der Waals surface area contributed by atoms with Crippen LogP contribution in [0.25, 0.3) is 16.9 Å². The van der Waals surface area contributed by atoms with Gasteiger partial charge in [-0.05, 0) is 31.2 Å². The minimum Gasteiger partial charge on any atom is -0.496 e. The van der Waals surface area contributed by atoms with Gasteiger partial charge in [0.15, 0.2) is 12.0 Å². The molecule has 0 aliphatic carbocycles. The molecule has 3 aromatic rings. The minimum absolute atomic E-state index is 0.282. The monoisotopic (exact) mass is 293 g/mol. The average molecular weight is 293 g/mol. The Labute approximate surface area is 128 Å². The van der Waals surface area contributed by atoms with Crippen LogP contribution in [0.2, 0.25) is 0 Å². The number of hydrogen-bond acceptors (Lipinski definition) is 4. The van der Waals surface area contributed by atoms with E-state index >= 15 is 0 Å². The molecule has 0 aliphatic heterocycles. The first-order chi connectivity index (χ1) is 10.7. The van der Waals surface area contributed by atoms with Crippen molar-refractivity contribution in [3.8, 4) is 22.7 Å². The van der Waals surface area contributed by atoms with Crippen molar-refractivity contribution in [3.05, 3.63) is 59.8 Å². The molecule has 2 aromatic carbocycles. The summed E-state index contributed by atoms with van der Waals surface area (Å²) in [5, 5.41) is 8.09. The zero-order chi connectivity index (χ0) is 15.5. The lowest BCUT2D eigenvalue weighted by atomic mass is 10.1. The molecule has 22 heavy (non-hydrogen) atoms. The molecule has 1 aromatic heterocycles. The predicted molar refractivity (Wildman–Crippen MR) is 83.5 cm³/mol. The summed E-state index contributed by atoms with van der Waals surface area (Å²) < 4.78 is 7.05. The number of benzene rings is 2. The van der Waals surface area contributed by atoms with E-state index in [1.54, 1.807) is 11.8 Å². The maximum Gasteiger partial charge on any atom is 0.172 e. The van der Waals surface area contributed by atoms with Gasteiger partial charge in [0, 0.05) is 5.56 Å². The standard InChI is InChI=1S/C17H15N3O2/c1-12-7-9-13(10-8-12)20-17(15(11-21)18-19-20)14-5-3-4-6-16(14)22-2/h3-11H,1-2H3. The van der Waals surface area contributed by atoms with Crippen molar-refractivity contribution in [1.82, 2.24) is 15.0 Å². The van der Waals surface area contributed by atoms with Crippen LogP contribution in [0, 0.1) is 6.92 Å². The quantitative estimate of drug-likeness (QED) is 0.694. The van der Waals surface area contributed by atoms with E-state index in [2.05, 4.69) is 10.3 Å². The topological polar surface area (TPSA) is 57.0 Å². The van der Waals surface area contributed by atoms with E-state index in [0.29, 0.717) is 17.7 Å². The van der Waals surface area contributed by atoms with Crippen molar-refractivity contribution < 1.29 is 9.53 Å². The summed E-state index contributed by atoms with van der Waals surface area (Å²) in [7, 11) is 1.60. The van der Waals surface area contributed by atoms with Crippen LogP contribution in [-0.2, 0) is 0 Å². The second kappa shape index (κ2) is 5.81. The van der Waals surface area contributed by atoms with Gasteiger partial charge in [0.05, 0.1) is 12.8 Å². The Morgan fingerprint density at radius 2 is 1.82 bits per heavy atom. The zero-order valence-corrected chi connectivity index (χ0v) is 12.4. The van der Waals surface area contributed by atoms with E-state index in [9.17, 15) is 4.79 Å². The first-order valence-electron chi connectivity index (χ1n) is 6.86. The molecule has 5 heteroatoms. The molecule has 0 saturated heterocycles. The van der Waals surface area contributed by atoms with Gasteiger partial charge in [0.1, 0.15) is 11.4 Å². The van der Waals surface area contributed by atoms with Gasteiger partial charge in [-0.25, -0.2) is 4.68 Å². The van der Waals surface area contributed by atoms with Crippen molar-refractivity contribution in [2.75, 3.05) is 7.11 Å². The molecule has 0 aliphatic rings. The molecule has 5 nitrogen and oxygen atoms in total. The number of nitrogens with zero attached hydrogens (tertiary/aromatic N) is 3. The lowest BCUT2D eigenvalue weighted by molar-refractivity contribution is 0.111. The molecule has 110 valence electrons. The van der Waals surface area contributed by atoms with Gasteiger partial charge in [0.25, 0.3) is 0 Å². The van der Waals surface area contributed by atoms with Gasteiger partial charge in [-0.15, -0.1) is 5.10 Å². The number of carbonyl (C=O) groups is 1. The van der Waals surface area contributed by atoms with Crippen LogP contribution in [0.15, 0.2) is 48.5 Å². The molecule has 3 rings (SSSR count). The number of methoxy groups -OCH3 is 1. The largest absolute Gasteiger partial charge is 0.496 e. The highest BCUT2D eigenvalue weighted by atomic mass is 16.5. The summed E-state index contributed by atoms with van der Waals surface area (Å²) in [4.78, 5) is 11.3. The van der Waals surface area contributed by atoms with Gasteiger partial charge in [-0.3, -0.25) is 4.79 Å². The summed E-state index contributed by atoms with van der Waals surface area (Å²) in [5.74, 6) is 0.668. The van der Waals surface area contributed by atoms with Gasteiger partial charge < -0.3 is 4.74 Å². The van der Waals surface area contributed by atoms with Crippen LogP contribution >= 0.6 is 0 Å². The number of para-hydroxylation sites is 1. The molecular weight excluding hydrogens is 278 g/mol. The van der Waals surface area contributed by atoms with E-state index in [-0.39, 0.29) is 5.69 Å². The molecule has 0 bridgehead atoms. The average Bonchev–Trinajstić information content (AvgIpc) is 2.99. The Bertz CT molecular complexity index is 807. The van der Waals surface area contributed by atoms with Gasteiger partial charge >= 0.3 is 0 Å². The Balaban J connectivity index is 2.24. The van der Waals surface area contributed by atoms with Crippen LogP contribution in [0.5, 0.6) is 5.75 Å². The third kappa shape index (κ3) is 2.37. The van der Waals surface area contributed by atoms with Gasteiger partial charge in [-0.2, -0.15) is 0 Å². The van der Waals surface area contributed by atoms with Gasteiger partial charge in [-0.1, -0.05) is 35.0 Å². The number of ether oxygens (including phenoxy) is 1. The predicted octanol–water partition coefficient (Wildman–Crippen LogP) is 3.06. The lowest BCUT2D eigenvalue weighted by Crippen LogP contribution is -2.01. The summed E-state index contributed by atoms with van der Waals surface area (Å²) in [6, 6.07) is 15.4. The number of carbonyl (C=O) groups excluding carboxylic acids is 1. The van der Waals surface area contributed by atoms with Crippen molar-refractivity contribution >= 4 is 6.29 Å². The highest BCUT2D eigenvalue weighted by Gasteiger charge is 2.18.